The van der Waals surface area contributed by atoms with Gasteiger partial charge in [0.25, 0.3) is 0 Å². The van der Waals surface area contributed by atoms with Crippen molar-refractivity contribution in [2.75, 3.05) is 19.7 Å². The second-order valence-corrected chi connectivity index (χ2v) is 6.90. The van der Waals surface area contributed by atoms with Crippen LogP contribution in [0.3, 0.4) is 0 Å². The number of aromatic hydroxyl groups is 1. The first-order valence-corrected chi connectivity index (χ1v) is 8.92. The van der Waals surface area contributed by atoms with E-state index >= 15 is 0 Å². The summed E-state index contributed by atoms with van der Waals surface area (Å²) in [5.74, 6) is -0.600. The predicted molar refractivity (Wildman–Crippen MR) is 99.7 cm³/mol. The second kappa shape index (κ2) is 7.89. The standard InChI is InChI=1S/C21H25NO4/c1-14(12-16-6-8-17(9-7-16)21(24)25)22-10-11-26-20(13-22)18-4-3-5-19(23)15(18)2/h3-9,14,20,23H,10-13H2,1-2H3,(H,24,25). The number of carboxylic acid groups (broad SMARTS) is 1. The molecule has 3 rings (SSSR count). The summed E-state index contributed by atoms with van der Waals surface area (Å²) in [6.07, 6.45) is 0.804. The van der Waals surface area contributed by atoms with E-state index in [0.29, 0.717) is 24.0 Å². The molecule has 1 heterocycles. The molecule has 2 aromatic carbocycles. The molecule has 1 fully saturated rings. The quantitative estimate of drug-likeness (QED) is 0.860. The molecule has 2 N–H and O–H groups in total. The number of hydrogen-bond acceptors (Lipinski definition) is 4. The molecule has 0 aromatic heterocycles. The van der Waals surface area contributed by atoms with E-state index in [4.69, 9.17) is 9.84 Å². The average molecular weight is 355 g/mol. The van der Waals surface area contributed by atoms with Crippen LogP contribution in [-0.2, 0) is 11.2 Å². The highest BCUT2D eigenvalue weighted by Crippen LogP contribution is 2.30. The van der Waals surface area contributed by atoms with Crippen LogP contribution in [0.2, 0.25) is 0 Å². The molecule has 1 aliphatic rings. The van der Waals surface area contributed by atoms with E-state index in [9.17, 15) is 9.90 Å². The maximum absolute atomic E-state index is 11.0. The zero-order chi connectivity index (χ0) is 18.7. The maximum atomic E-state index is 11.0. The molecule has 2 unspecified atom stereocenters. The summed E-state index contributed by atoms with van der Waals surface area (Å²) < 4.78 is 5.95. The Hall–Kier alpha value is -2.37. The number of hydrogen-bond donors (Lipinski definition) is 2. The minimum Gasteiger partial charge on any atom is -0.508 e. The topological polar surface area (TPSA) is 70.0 Å². The second-order valence-electron chi connectivity index (χ2n) is 6.90. The molecular formula is C21H25NO4. The van der Waals surface area contributed by atoms with Crippen LogP contribution >= 0.6 is 0 Å². The van der Waals surface area contributed by atoms with Gasteiger partial charge >= 0.3 is 5.97 Å². The number of nitrogens with zero attached hydrogens (tertiary/aromatic N) is 1. The lowest BCUT2D eigenvalue weighted by molar-refractivity contribution is -0.0428. The van der Waals surface area contributed by atoms with Gasteiger partial charge in [-0.25, -0.2) is 4.79 Å². The number of rotatable bonds is 5. The van der Waals surface area contributed by atoms with Crippen molar-refractivity contribution >= 4 is 5.97 Å². The summed E-state index contributed by atoms with van der Waals surface area (Å²) in [5.41, 5.74) is 3.34. The molecule has 138 valence electrons. The van der Waals surface area contributed by atoms with Gasteiger partial charge < -0.3 is 14.9 Å². The Morgan fingerprint density at radius 2 is 2.00 bits per heavy atom. The molecule has 0 saturated carbocycles. The zero-order valence-corrected chi connectivity index (χ0v) is 15.2. The number of ether oxygens (including phenoxy) is 1. The molecule has 5 heteroatoms. The van der Waals surface area contributed by atoms with Crippen molar-refractivity contribution in [3.05, 3.63) is 64.7 Å². The lowest BCUT2D eigenvalue weighted by atomic mass is 9.99. The largest absolute Gasteiger partial charge is 0.508 e. The Morgan fingerprint density at radius 1 is 1.27 bits per heavy atom. The van der Waals surface area contributed by atoms with Gasteiger partial charge in [-0.3, -0.25) is 4.90 Å². The Morgan fingerprint density at radius 3 is 2.69 bits per heavy atom. The fourth-order valence-electron chi connectivity index (χ4n) is 3.50. The summed E-state index contributed by atoms with van der Waals surface area (Å²) in [4.78, 5) is 13.4. The average Bonchev–Trinajstić information content (AvgIpc) is 2.64. The van der Waals surface area contributed by atoms with Crippen LogP contribution in [-0.4, -0.2) is 46.8 Å². The summed E-state index contributed by atoms with van der Waals surface area (Å²) in [6, 6.07) is 13.0. The van der Waals surface area contributed by atoms with E-state index in [2.05, 4.69) is 11.8 Å². The van der Waals surface area contributed by atoms with Crippen LogP contribution in [0.25, 0.3) is 0 Å². The van der Waals surface area contributed by atoms with Crippen LogP contribution in [0, 0.1) is 6.92 Å². The number of morpholine rings is 1. The van der Waals surface area contributed by atoms with Crippen molar-refractivity contribution in [2.45, 2.75) is 32.4 Å². The lowest BCUT2D eigenvalue weighted by Gasteiger charge is -2.37. The summed E-state index contributed by atoms with van der Waals surface area (Å²) >= 11 is 0. The van der Waals surface area contributed by atoms with Crippen molar-refractivity contribution in [1.29, 1.82) is 0 Å². The summed E-state index contributed by atoms with van der Waals surface area (Å²) in [5, 5.41) is 19.0. The third-order valence-corrected chi connectivity index (χ3v) is 5.15. The van der Waals surface area contributed by atoms with Crippen LogP contribution in [0.1, 0.15) is 40.1 Å². The normalized spacial score (nSPS) is 19.2. The van der Waals surface area contributed by atoms with Gasteiger partial charge in [-0.05, 0) is 55.2 Å². The first-order chi connectivity index (χ1) is 12.5. The number of benzene rings is 2. The zero-order valence-electron chi connectivity index (χ0n) is 15.2. The highest BCUT2D eigenvalue weighted by molar-refractivity contribution is 5.87. The Bertz CT molecular complexity index is 772. The number of phenols is 1. The molecule has 5 nitrogen and oxygen atoms in total. The Kier molecular flexibility index (Phi) is 5.59. The third-order valence-electron chi connectivity index (χ3n) is 5.15. The minimum absolute atomic E-state index is 0.0484. The summed E-state index contributed by atoms with van der Waals surface area (Å²) in [7, 11) is 0. The molecule has 0 aliphatic carbocycles. The van der Waals surface area contributed by atoms with Gasteiger partial charge in [0.2, 0.25) is 0 Å². The molecule has 1 aliphatic heterocycles. The first-order valence-electron chi connectivity index (χ1n) is 8.92. The van der Waals surface area contributed by atoms with Gasteiger partial charge in [-0.1, -0.05) is 24.3 Å². The molecule has 0 spiro atoms. The molecule has 0 radical (unpaired) electrons. The van der Waals surface area contributed by atoms with Gasteiger partial charge in [-0.15, -0.1) is 0 Å². The molecule has 2 atom stereocenters. The van der Waals surface area contributed by atoms with Gasteiger partial charge in [0.05, 0.1) is 18.3 Å². The van der Waals surface area contributed by atoms with Crippen molar-refractivity contribution < 1.29 is 19.7 Å². The molecule has 26 heavy (non-hydrogen) atoms. The summed E-state index contributed by atoms with van der Waals surface area (Å²) in [6.45, 7) is 6.40. The number of carboxylic acids is 1. The van der Waals surface area contributed by atoms with Crippen molar-refractivity contribution in [3.8, 4) is 5.75 Å². The van der Waals surface area contributed by atoms with Gasteiger partial charge in [0.15, 0.2) is 0 Å². The van der Waals surface area contributed by atoms with E-state index in [1.54, 1.807) is 18.2 Å². The first kappa shape index (κ1) is 18.4. The van der Waals surface area contributed by atoms with Crippen molar-refractivity contribution in [3.63, 3.8) is 0 Å². The van der Waals surface area contributed by atoms with E-state index in [1.165, 1.54) is 0 Å². The Balaban J connectivity index is 1.67. The van der Waals surface area contributed by atoms with Gasteiger partial charge in [0.1, 0.15) is 5.75 Å². The van der Waals surface area contributed by atoms with Crippen molar-refractivity contribution in [1.82, 2.24) is 4.90 Å². The predicted octanol–water partition coefficient (Wildman–Crippen LogP) is 3.40. The number of carbonyl (C=O) groups is 1. The van der Waals surface area contributed by atoms with Gasteiger partial charge in [-0.2, -0.15) is 0 Å². The third kappa shape index (κ3) is 4.06. The van der Waals surface area contributed by atoms with E-state index in [0.717, 1.165) is 36.2 Å². The van der Waals surface area contributed by atoms with E-state index < -0.39 is 5.97 Å². The van der Waals surface area contributed by atoms with Crippen LogP contribution in [0.4, 0.5) is 0 Å². The van der Waals surface area contributed by atoms with E-state index in [-0.39, 0.29) is 6.10 Å². The molecule has 2 aromatic rings. The highest BCUT2D eigenvalue weighted by Gasteiger charge is 2.26. The minimum atomic E-state index is -0.901. The number of aromatic carboxylic acids is 1. The van der Waals surface area contributed by atoms with Crippen LogP contribution in [0.5, 0.6) is 5.75 Å². The fraction of sp³-hybridized carbons (Fsp3) is 0.381. The van der Waals surface area contributed by atoms with Crippen LogP contribution in [0.15, 0.2) is 42.5 Å². The highest BCUT2D eigenvalue weighted by atomic mass is 16.5. The molecule has 0 amide bonds. The van der Waals surface area contributed by atoms with Crippen LogP contribution < -0.4 is 0 Å². The fourth-order valence-corrected chi connectivity index (χ4v) is 3.50. The lowest BCUT2D eigenvalue weighted by Crippen LogP contribution is -2.44. The monoisotopic (exact) mass is 355 g/mol. The smallest absolute Gasteiger partial charge is 0.335 e. The van der Waals surface area contributed by atoms with Gasteiger partial charge in [0, 0.05) is 19.1 Å². The number of phenolic OH excluding ortho intramolecular Hbond substituents is 1. The molecular weight excluding hydrogens is 330 g/mol. The molecule has 1 saturated heterocycles. The van der Waals surface area contributed by atoms with E-state index in [1.807, 2.05) is 31.2 Å². The van der Waals surface area contributed by atoms with Crippen molar-refractivity contribution in [2.24, 2.45) is 0 Å². The SMILES string of the molecule is Cc1c(O)cccc1C1CN(C(C)Cc2ccc(C(=O)O)cc2)CCO1. The maximum Gasteiger partial charge on any atom is 0.335 e. The Labute approximate surface area is 153 Å². The molecule has 0 bridgehead atoms.